The summed E-state index contributed by atoms with van der Waals surface area (Å²) in [7, 11) is 1.56. The van der Waals surface area contributed by atoms with Crippen LogP contribution in [0.2, 0.25) is 0 Å². The number of benzene rings is 2. The van der Waals surface area contributed by atoms with Gasteiger partial charge in [-0.3, -0.25) is 0 Å². The topological polar surface area (TPSA) is 77.8 Å². The Kier molecular flexibility index (Phi) is 5.22. The Labute approximate surface area is 150 Å². The number of esters is 1. The predicted molar refractivity (Wildman–Crippen MR) is 98.8 cm³/mol. The van der Waals surface area contributed by atoms with Gasteiger partial charge < -0.3 is 19.2 Å². The summed E-state index contributed by atoms with van der Waals surface area (Å²) >= 11 is 0. The summed E-state index contributed by atoms with van der Waals surface area (Å²) in [5.74, 6) is 0.278. The molecule has 0 spiro atoms. The van der Waals surface area contributed by atoms with Crippen LogP contribution in [0.5, 0.6) is 5.75 Å². The van der Waals surface area contributed by atoms with Crippen LogP contribution < -0.4 is 15.7 Å². The van der Waals surface area contributed by atoms with Gasteiger partial charge in [0.15, 0.2) is 0 Å². The van der Waals surface area contributed by atoms with Crippen molar-refractivity contribution in [1.82, 2.24) is 0 Å². The van der Waals surface area contributed by atoms with Gasteiger partial charge in [0, 0.05) is 29.8 Å². The summed E-state index contributed by atoms with van der Waals surface area (Å²) in [6, 6.07) is 13.8. The SMILES string of the molecule is CCOC(=O)c1ccc(NCc2cc(=O)oc3cc(OC)ccc23)cc1. The van der Waals surface area contributed by atoms with E-state index in [0.29, 0.717) is 30.0 Å². The molecule has 26 heavy (non-hydrogen) atoms. The molecule has 2 aromatic carbocycles. The molecule has 0 amide bonds. The van der Waals surface area contributed by atoms with Crippen molar-refractivity contribution < 1.29 is 18.7 Å². The largest absolute Gasteiger partial charge is 0.497 e. The first-order valence-corrected chi connectivity index (χ1v) is 8.22. The van der Waals surface area contributed by atoms with Crippen molar-refractivity contribution in [2.45, 2.75) is 13.5 Å². The highest BCUT2D eigenvalue weighted by Crippen LogP contribution is 2.23. The zero-order valence-electron chi connectivity index (χ0n) is 14.6. The van der Waals surface area contributed by atoms with E-state index >= 15 is 0 Å². The summed E-state index contributed by atoms with van der Waals surface area (Å²) in [5, 5.41) is 4.08. The summed E-state index contributed by atoms with van der Waals surface area (Å²) in [6.45, 7) is 2.55. The molecule has 0 bridgehead atoms. The van der Waals surface area contributed by atoms with Crippen LogP contribution in [0.4, 0.5) is 5.69 Å². The number of rotatable bonds is 6. The number of carbonyl (C=O) groups is 1. The van der Waals surface area contributed by atoms with Crippen LogP contribution in [0.25, 0.3) is 11.0 Å². The summed E-state index contributed by atoms with van der Waals surface area (Å²) in [4.78, 5) is 23.5. The zero-order chi connectivity index (χ0) is 18.5. The van der Waals surface area contributed by atoms with Crippen molar-refractivity contribution in [3.63, 3.8) is 0 Å². The lowest BCUT2D eigenvalue weighted by Gasteiger charge is -2.10. The highest BCUT2D eigenvalue weighted by Gasteiger charge is 2.08. The summed E-state index contributed by atoms with van der Waals surface area (Å²) in [6.07, 6.45) is 0. The number of hydrogen-bond donors (Lipinski definition) is 1. The molecule has 1 aromatic heterocycles. The van der Waals surface area contributed by atoms with E-state index in [9.17, 15) is 9.59 Å². The number of anilines is 1. The molecule has 0 atom stereocenters. The van der Waals surface area contributed by atoms with Gasteiger partial charge in [-0.1, -0.05) is 0 Å². The number of nitrogens with one attached hydrogen (secondary N) is 1. The zero-order valence-corrected chi connectivity index (χ0v) is 14.6. The van der Waals surface area contributed by atoms with E-state index in [1.54, 1.807) is 44.4 Å². The molecule has 0 saturated carbocycles. The molecule has 3 aromatic rings. The number of ether oxygens (including phenoxy) is 2. The van der Waals surface area contributed by atoms with Gasteiger partial charge in [0.1, 0.15) is 11.3 Å². The lowest BCUT2D eigenvalue weighted by molar-refractivity contribution is 0.0526. The van der Waals surface area contributed by atoms with Gasteiger partial charge >= 0.3 is 11.6 Å². The minimum atomic E-state index is -0.416. The Morgan fingerprint density at radius 3 is 2.58 bits per heavy atom. The maximum atomic E-state index is 11.8. The third-order valence-corrected chi connectivity index (χ3v) is 3.92. The van der Waals surface area contributed by atoms with Crippen LogP contribution in [0.15, 0.2) is 57.7 Å². The third kappa shape index (κ3) is 3.85. The van der Waals surface area contributed by atoms with Gasteiger partial charge in [0.05, 0.1) is 19.3 Å². The second-order valence-corrected chi connectivity index (χ2v) is 5.60. The molecule has 0 saturated heterocycles. The minimum absolute atomic E-state index is 0.341. The van der Waals surface area contributed by atoms with Crippen molar-refractivity contribution >= 4 is 22.6 Å². The highest BCUT2D eigenvalue weighted by atomic mass is 16.5. The van der Waals surface area contributed by atoms with E-state index in [-0.39, 0.29) is 5.97 Å². The van der Waals surface area contributed by atoms with E-state index in [2.05, 4.69) is 5.32 Å². The monoisotopic (exact) mass is 353 g/mol. The van der Waals surface area contributed by atoms with E-state index in [1.165, 1.54) is 6.07 Å². The second kappa shape index (κ2) is 7.74. The minimum Gasteiger partial charge on any atom is -0.497 e. The molecule has 0 radical (unpaired) electrons. The molecular formula is C20H19NO5. The van der Waals surface area contributed by atoms with E-state index in [0.717, 1.165) is 16.6 Å². The molecule has 0 aliphatic heterocycles. The molecule has 0 fully saturated rings. The molecule has 1 N–H and O–H groups in total. The Hall–Kier alpha value is -3.28. The third-order valence-electron chi connectivity index (χ3n) is 3.92. The molecule has 6 nitrogen and oxygen atoms in total. The van der Waals surface area contributed by atoms with E-state index < -0.39 is 5.63 Å². The second-order valence-electron chi connectivity index (χ2n) is 5.60. The van der Waals surface area contributed by atoms with Crippen LogP contribution in [0.3, 0.4) is 0 Å². The van der Waals surface area contributed by atoms with Crippen molar-refractivity contribution in [1.29, 1.82) is 0 Å². The molecule has 0 unspecified atom stereocenters. The molecule has 0 aliphatic rings. The van der Waals surface area contributed by atoms with Gasteiger partial charge in [-0.05, 0) is 48.9 Å². The smallest absolute Gasteiger partial charge is 0.338 e. The van der Waals surface area contributed by atoms with Gasteiger partial charge in [-0.15, -0.1) is 0 Å². The molecule has 3 rings (SSSR count). The van der Waals surface area contributed by atoms with E-state index in [4.69, 9.17) is 13.9 Å². The van der Waals surface area contributed by atoms with Crippen molar-refractivity contribution in [2.75, 3.05) is 19.0 Å². The van der Waals surface area contributed by atoms with E-state index in [1.807, 2.05) is 12.1 Å². The molecular weight excluding hydrogens is 334 g/mol. The van der Waals surface area contributed by atoms with Gasteiger partial charge in [-0.25, -0.2) is 9.59 Å². The first-order valence-electron chi connectivity index (χ1n) is 8.22. The van der Waals surface area contributed by atoms with Crippen LogP contribution in [-0.2, 0) is 11.3 Å². The fraction of sp³-hybridized carbons (Fsp3) is 0.200. The number of fused-ring (bicyclic) bond motifs is 1. The van der Waals surface area contributed by atoms with Gasteiger partial charge in [-0.2, -0.15) is 0 Å². The van der Waals surface area contributed by atoms with Crippen molar-refractivity contribution in [3.8, 4) is 5.75 Å². The average Bonchev–Trinajstić information content (AvgIpc) is 2.66. The van der Waals surface area contributed by atoms with Crippen LogP contribution in [-0.4, -0.2) is 19.7 Å². The Bertz CT molecular complexity index is 976. The standard InChI is InChI=1S/C20H19NO5/c1-3-25-20(23)13-4-6-15(7-5-13)21-12-14-10-19(22)26-18-11-16(24-2)8-9-17(14)18/h4-11,21H,3,12H2,1-2H3. The number of hydrogen-bond acceptors (Lipinski definition) is 6. The fourth-order valence-corrected chi connectivity index (χ4v) is 2.62. The van der Waals surface area contributed by atoms with Crippen molar-refractivity contribution in [2.24, 2.45) is 0 Å². The number of methoxy groups -OCH3 is 1. The lowest BCUT2D eigenvalue weighted by Crippen LogP contribution is -2.07. The molecule has 134 valence electrons. The number of carbonyl (C=O) groups excluding carboxylic acids is 1. The maximum absolute atomic E-state index is 11.8. The average molecular weight is 353 g/mol. The van der Waals surface area contributed by atoms with Gasteiger partial charge in [0.25, 0.3) is 0 Å². The highest BCUT2D eigenvalue weighted by molar-refractivity contribution is 5.89. The van der Waals surface area contributed by atoms with Crippen LogP contribution in [0.1, 0.15) is 22.8 Å². The fourth-order valence-electron chi connectivity index (χ4n) is 2.62. The quantitative estimate of drug-likeness (QED) is 0.539. The summed E-state index contributed by atoms with van der Waals surface area (Å²) in [5.41, 5.74) is 2.20. The van der Waals surface area contributed by atoms with Gasteiger partial charge in [0.2, 0.25) is 0 Å². The Morgan fingerprint density at radius 1 is 1.12 bits per heavy atom. The Morgan fingerprint density at radius 2 is 1.88 bits per heavy atom. The van der Waals surface area contributed by atoms with Crippen molar-refractivity contribution in [3.05, 3.63) is 70.1 Å². The maximum Gasteiger partial charge on any atom is 0.338 e. The van der Waals surface area contributed by atoms with Crippen LogP contribution >= 0.6 is 0 Å². The first kappa shape index (κ1) is 17.5. The molecule has 0 aliphatic carbocycles. The summed E-state index contributed by atoms with van der Waals surface area (Å²) < 4.78 is 15.4. The molecule has 1 heterocycles. The molecule has 6 heteroatoms. The van der Waals surface area contributed by atoms with Crippen LogP contribution in [0, 0.1) is 0 Å². The Balaban J connectivity index is 1.79. The normalized spacial score (nSPS) is 10.5. The first-order chi connectivity index (χ1) is 12.6. The predicted octanol–water partition coefficient (Wildman–Crippen LogP) is 3.59. The lowest BCUT2D eigenvalue weighted by atomic mass is 10.1.